The van der Waals surface area contributed by atoms with Crippen molar-refractivity contribution in [1.29, 1.82) is 0 Å². The predicted octanol–water partition coefficient (Wildman–Crippen LogP) is 2.87. The van der Waals surface area contributed by atoms with Crippen molar-refractivity contribution in [3.8, 4) is 5.75 Å². The zero-order chi connectivity index (χ0) is 17.7. The van der Waals surface area contributed by atoms with E-state index in [9.17, 15) is 4.79 Å². The van der Waals surface area contributed by atoms with E-state index in [1.54, 1.807) is 0 Å². The van der Waals surface area contributed by atoms with Gasteiger partial charge in [0.2, 0.25) is 5.91 Å². The number of anilines is 1. The van der Waals surface area contributed by atoms with Crippen molar-refractivity contribution in [2.24, 2.45) is 0 Å². The van der Waals surface area contributed by atoms with Crippen LogP contribution in [0.15, 0.2) is 0 Å². The molecule has 1 heterocycles. The second-order valence-corrected chi connectivity index (χ2v) is 6.85. The van der Waals surface area contributed by atoms with Gasteiger partial charge in [-0.15, -0.1) is 0 Å². The fraction of sp³-hybridized carbons (Fsp3) is 0.611. The van der Waals surface area contributed by atoms with Gasteiger partial charge in [0.05, 0.1) is 11.6 Å². The average Bonchev–Trinajstić information content (AvgIpc) is 2.58. The second-order valence-electron chi connectivity index (χ2n) is 6.48. The van der Waals surface area contributed by atoms with E-state index in [2.05, 4.69) is 10.6 Å². The van der Waals surface area contributed by atoms with Crippen LogP contribution in [-0.2, 0) is 4.79 Å². The van der Waals surface area contributed by atoms with E-state index >= 15 is 0 Å². The van der Waals surface area contributed by atoms with Crippen LogP contribution < -0.4 is 21.1 Å². The van der Waals surface area contributed by atoms with E-state index < -0.39 is 0 Å². The Balaban J connectivity index is 1.81. The highest BCUT2D eigenvalue weighted by molar-refractivity contribution is 6.33. The summed E-state index contributed by atoms with van der Waals surface area (Å²) in [5.41, 5.74) is 9.55. The molecule has 0 aliphatic carbocycles. The van der Waals surface area contributed by atoms with Crippen LogP contribution in [0.4, 0.5) is 5.69 Å². The van der Waals surface area contributed by atoms with Crippen LogP contribution in [0.3, 0.4) is 0 Å². The van der Waals surface area contributed by atoms with Crippen LogP contribution in [0.1, 0.15) is 42.4 Å². The minimum Gasteiger partial charge on any atom is -0.492 e. The monoisotopic (exact) mass is 353 g/mol. The molecule has 1 saturated heterocycles. The van der Waals surface area contributed by atoms with E-state index in [-0.39, 0.29) is 5.91 Å². The van der Waals surface area contributed by atoms with E-state index in [0.717, 1.165) is 42.6 Å². The number of carbonyl (C=O) groups is 1. The van der Waals surface area contributed by atoms with Crippen molar-refractivity contribution in [3.63, 3.8) is 0 Å². The number of nitrogen functional groups attached to an aromatic ring is 1. The summed E-state index contributed by atoms with van der Waals surface area (Å²) < 4.78 is 5.85. The number of hydrogen-bond donors (Lipinski definition) is 3. The number of amides is 1. The number of benzene rings is 1. The fourth-order valence-electron chi connectivity index (χ4n) is 2.95. The first-order valence-electron chi connectivity index (χ1n) is 8.59. The average molecular weight is 354 g/mol. The molecular formula is C18H28ClN3O2. The van der Waals surface area contributed by atoms with E-state index in [1.807, 2.05) is 20.8 Å². The summed E-state index contributed by atoms with van der Waals surface area (Å²) in [6.07, 6.45) is 3.13. The number of halogens is 1. The highest BCUT2D eigenvalue weighted by atomic mass is 35.5. The van der Waals surface area contributed by atoms with Gasteiger partial charge in [-0.1, -0.05) is 11.6 Å². The van der Waals surface area contributed by atoms with Crippen LogP contribution in [0.2, 0.25) is 5.02 Å². The van der Waals surface area contributed by atoms with Crippen molar-refractivity contribution in [3.05, 3.63) is 21.7 Å². The number of nitrogens with one attached hydrogen (secondary N) is 2. The number of carbonyl (C=O) groups excluding carboxylic acids is 1. The zero-order valence-corrected chi connectivity index (χ0v) is 15.6. The number of piperidine rings is 1. The summed E-state index contributed by atoms with van der Waals surface area (Å²) in [6.45, 7) is 8.22. The molecular weight excluding hydrogens is 326 g/mol. The quantitative estimate of drug-likeness (QED) is 0.543. The lowest BCUT2D eigenvalue weighted by atomic mass is 10.0. The SMILES string of the molecule is Cc1c(C)c(OCCCC(=O)NC2CCNCC2)c(Cl)c(C)c1N. The highest BCUT2D eigenvalue weighted by Crippen LogP contribution is 2.38. The molecule has 0 radical (unpaired) electrons. The number of ether oxygens (including phenoxy) is 1. The topological polar surface area (TPSA) is 76.4 Å². The maximum atomic E-state index is 12.0. The molecule has 6 heteroatoms. The minimum absolute atomic E-state index is 0.0954. The molecule has 4 N–H and O–H groups in total. The van der Waals surface area contributed by atoms with Gasteiger partial charge in [0.25, 0.3) is 0 Å². The Kier molecular flexibility index (Phi) is 6.75. The first-order chi connectivity index (χ1) is 11.4. The molecule has 1 fully saturated rings. The molecule has 0 unspecified atom stereocenters. The molecule has 1 aliphatic rings. The lowest BCUT2D eigenvalue weighted by Gasteiger charge is -2.23. The summed E-state index contributed by atoms with van der Waals surface area (Å²) in [7, 11) is 0. The molecule has 1 aromatic carbocycles. The van der Waals surface area contributed by atoms with E-state index in [1.165, 1.54) is 0 Å². The Morgan fingerprint density at radius 2 is 1.92 bits per heavy atom. The third-order valence-corrected chi connectivity index (χ3v) is 5.19. The second kappa shape index (κ2) is 8.58. The highest BCUT2D eigenvalue weighted by Gasteiger charge is 2.17. The molecule has 2 rings (SSSR count). The van der Waals surface area contributed by atoms with Gasteiger partial charge in [-0.2, -0.15) is 0 Å². The zero-order valence-electron chi connectivity index (χ0n) is 14.8. The van der Waals surface area contributed by atoms with E-state index in [4.69, 9.17) is 22.1 Å². The molecule has 0 spiro atoms. The van der Waals surface area contributed by atoms with Gasteiger partial charge < -0.3 is 21.1 Å². The van der Waals surface area contributed by atoms with Gasteiger partial charge in [-0.25, -0.2) is 0 Å². The third kappa shape index (κ3) is 4.54. The normalized spacial score (nSPS) is 15.3. The van der Waals surface area contributed by atoms with Crippen molar-refractivity contribution in [2.45, 2.75) is 52.5 Å². The predicted molar refractivity (Wildman–Crippen MR) is 98.8 cm³/mol. The van der Waals surface area contributed by atoms with Gasteiger partial charge in [-0.3, -0.25) is 4.79 Å². The summed E-state index contributed by atoms with van der Waals surface area (Å²) in [5.74, 6) is 0.776. The Morgan fingerprint density at radius 3 is 2.58 bits per heavy atom. The Morgan fingerprint density at radius 1 is 1.25 bits per heavy atom. The summed E-state index contributed by atoms with van der Waals surface area (Å²) in [4.78, 5) is 12.0. The molecule has 0 saturated carbocycles. The molecule has 134 valence electrons. The Bertz CT molecular complexity index is 569. The van der Waals surface area contributed by atoms with Crippen LogP contribution in [-0.4, -0.2) is 31.6 Å². The summed E-state index contributed by atoms with van der Waals surface area (Å²) in [5, 5.41) is 6.94. The first-order valence-corrected chi connectivity index (χ1v) is 8.97. The number of nitrogens with two attached hydrogens (primary N) is 1. The van der Waals surface area contributed by atoms with Crippen LogP contribution >= 0.6 is 11.6 Å². The van der Waals surface area contributed by atoms with E-state index in [0.29, 0.717) is 41.9 Å². The lowest BCUT2D eigenvalue weighted by molar-refractivity contribution is -0.122. The number of hydrogen-bond acceptors (Lipinski definition) is 4. The van der Waals surface area contributed by atoms with Crippen molar-refractivity contribution in [2.75, 3.05) is 25.4 Å². The largest absolute Gasteiger partial charge is 0.492 e. The Hall–Kier alpha value is -1.46. The maximum absolute atomic E-state index is 12.0. The molecule has 0 atom stereocenters. The van der Waals surface area contributed by atoms with Crippen LogP contribution in [0.25, 0.3) is 0 Å². The van der Waals surface area contributed by atoms with Gasteiger partial charge in [0.1, 0.15) is 5.75 Å². The van der Waals surface area contributed by atoms with Crippen molar-refractivity contribution < 1.29 is 9.53 Å². The first kappa shape index (κ1) is 18.9. The van der Waals surface area contributed by atoms with Crippen LogP contribution in [0, 0.1) is 20.8 Å². The molecule has 0 bridgehead atoms. The molecule has 1 aromatic rings. The lowest BCUT2D eigenvalue weighted by Crippen LogP contribution is -2.42. The number of rotatable bonds is 6. The van der Waals surface area contributed by atoms with Gasteiger partial charge in [0.15, 0.2) is 0 Å². The van der Waals surface area contributed by atoms with Gasteiger partial charge in [0, 0.05) is 18.2 Å². The summed E-state index contributed by atoms with van der Waals surface area (Å²) >= 11 is 6.36. The van der Waals surface area contributed by atoms with Gasteiger partial charge in [-0.05, 0) is 69.8 Å². The Labute approximate surface area is 149 Å². The fourth-order valence-corrected chi connectivity index (χ4v) is 3.25. The third-order valence-electron chi connectivity index (χ3n) is 4.74. The molecule has 24 heavy (non-hydrogen) atoms. The van der Waals surface area contributed by atoms with Crippen LogP contribution in [0.5, 0.6) is 5.75 Å². The molecule has 5 nitrogen and oxygen atoms in total. The molecule has 1 aliphatic heterocycles. The van der Waals surface area contributed by atoms with Gasteiger partial charge >= 0.3 is 0 Å². The minimum atomic E-state index is 0.0954. The molecule has 0 aromatic heterocycles. The molecule has 1 amide bonds. The smallest absolute Gasteiger partial charge is 0.220 e. The maximum Gasteiger partial charge on any atom is 0.220 e. The standard InChI is InChI=1S/C18H28ClN3O2/c1-11-12(2)18(16(19)13(3)17(11)20)24-10-4-5-15(23)22-14-6-8-21-9-7-14/h14,21H,4-10,20H2,1-3H3,(H,22,23). The van der Waals surface area contributed by atoms with Crippen molar-refractivity contribution >= 4 is 23.2 Å². The van der Waals surface area contributed by atoms with Crippen molar-refractivity contribution in [1.82, 2.24) is 10.6 Å². The summed E-state index contributed by atoms with van der Waals surface area (Å²) in [6, 6.07) is 0.304.